The van der Waals surface area contributed by atoms with Gasteiger partial charge in [-0.3, -0.25) is 14.4 Å². The van der Waals surface area contributed by atoms with Crippen molar-refractivity contribution in [3.63, 3.8) is 0 Å². The molecule has 0 amide bonds. The Bertz CT molecular complexity index is 1380. The monoisotopic (exact) mass is 454 g/mol. The summed E-state index contributed by atoms with van der Waals surface area (Å²) in [5.74, 6) is -1.11. The first-order valence-electron chi connectivity index (χ1n) is 11.1. The van der Waals surface area contributed by atoms with Crippen LogP contribution < -0.4 is 10.2 Å². The molecule has 0 aromatic heterocycles. The molecular formula is C29H26O5. The summed E-state index contributed by atoms with van der Waals surface area (Å²) in [4.78, 5) is 39.9. The second kappa shape index (κ2) is 9.10. The number of Topliss-reactive ketones (excluding diaryl/α,β-unsaturated/α-hetero) is 2. The van der Waals surface area contributed by atoms with Crippen molar-refractivity contribution in [1.82, 2.24) is 0 Å². The molecular weight excluding hydrogens is 428 g/mol. The third kappa shape index (κ3) is 3.94. The van der Waals surface area contributed by atoms with E-state index < -0.39 is 17.1 Å². The molecule has 0 radical (unpaired) electrons. The van der Waals surface area contributed by atoms with Crippen molar-refractivity contribution >= 4 is 11.6 Å². The molecule has 0 saturated carbocycles. The van der Waals surface area contributed by atoms with Gasteiger partial charge in [-0.2, -0.15) is 0 Å². The van der Waals surface area contributed by atoms with E-state index in [4.69, 9.17) is 4.74 Å². The van der Waals surface area contributed by atoms with Gasteiger partial charge in [0, 0.05) is 33.8 Å². The van der Waals surface area contributed by atoms with Crippen LogP contribution in [-0.2, 0) is 0 Å². The number of allylic oxidation sites excluding steroid dienone is 2. The quantitative estimate of drug-likeness (QED) is 0.557. The smallest absolute Gasteiger partial charge is 0.220 e. The summed E-state index contributed by atoms with van der Waals surface area (Å²) in [6, 6.07) is 18.7. The number of benzene rings is 2. The van der Waals surface area contributed by atoms with E-state index in [2.05, 4.69) is 0 Å². The van der Waals surface area contributed by atoms with Crippen LogP contribution in [0.2, 0.25) is 0 Å². The number of carbonyl (C=O) groups is 2. The SMILES string of the molecule is COc1ccc(C(C2=C(C)C(=O)c3ccccc3C2=O)c2ccc(C(C)C)cc(=O)c2O)cc1. The van der Waals surface area contributed by atoms with E-state index in [0.717, 1.165) is 5.56 Å². The molecule has 1 unspecified atom stereocenters. The molecule has 5 nitrogen and oxygen atoms in total. The zero-order valence-electron chi connectivity index (χ0n) is 19.6. The highest BCUT2D eigenvalue weighted by atomic mass is 16.5. The van der Waals surface area contributed by atoms with Crippen molar-refractivity contribution in [3.8, 4) is 11.5 Å². The molecule has 1 N–H and O–H groups in total. The van der Waals surface area contributed by atoms with E-state index in [1.807, 2.05) is 13.8 Å². The minimum absolute atomic E-state index is 0.0671. The van der Waals surface area contributed by atoms with Crippen molar-refractivity contribution in [2.75, 3.05) is 7.11 Å². The molecule has 0 saturated heterocycles. The zero-order valence-corrected chi connectivity index (χ0v) is 19.6. The third-order valence-electron chi connectivity index (χ3n) is 6.38. The van der Waals surface area contributed by atoms with Gasteiger partial charge >= 0.3 is 0 Å². The van der Waals surface area contributed by atoms with Crippen LogP contribution in [0, 0.1) is 0 Å². The van der Waals surface area contributed by atoms with Gasteiger partial charge in [-0.05, 0) is 42.2 Å². The lowest BCUT2D eigenvalue weighted by molar-refractivity contribution is 0.0971. The van der Waals surface area contributed by atoms with Crippen molar-refractivity contribution < 1.29 is 19.4 Å². The van der Waals surface area contributed by atoms with Crippen molar-refractivity contribution in [2.24, 2.45) is 0 Å². The average Bonchev–Trinajstić information content (AvgIpc) is 2.99. The van der Waals surface area contributed by atoms with E-state index in [1.54, 1.807) is 74.7 Å². The van der Waals surface area contributed by atoms with Crippen molar-refractivity contribution in [3.05, 3.63) is 116 Å². The zero-order chi connectivity index (χ0) is 24.6. The molecule has 34 heavy (non-hydrogen) atoms. The van der Waals surface area contributed by atoms with Gasteiger partial charge in [0.25, 0.3) is 0 Å². The van der Waals surface area contributed by atoms with Crippen LogP contribution in [0.3, 0.4) is 0 Å². The molecule has 172 valence electrons. The first-order chi connectivity index (χ1) is 16.2. The van der Waals surface area contributed by atoms with Crippen LogP contribution in [0.1, 0.15) is 70.0 Å². The second-order valence-electron chi connectivity index (χ2n) is 8.75. The summed E-state index contributed by atoms with van der Waals surface area (Å²) in [5, 5.41) is 11.0. The fourth-order valence-electron chi connectivity index (χ4n) is 4.43. The van der Waals surface area contributed by atoms with E-state index >= 15 is 0 Å². The molecule has 0 aliphatic heterocycles. The Labute approximate surface area is 198 Å². The topological polar surface area (TPSA) is 80.7 Å². The number of ether oxygens (including phenoxy) is 1. The fourth-order valence-corrected chi connectivity index (χ4v) is 4.43. The number of aromatic hydroxyl groups is 1. The Balaban J connectivity index is 2.03. The third-order valence-corrected chi connectivity index (χ3v) is 6.38. The summed E-state index contributed by atoms with van der Waals surface area (Å²) in [7, 11) is 1.56. The van der Waals surface area contributed by atoms with E-state index in [0.29, 0.717) is 28.0 Å². The van der Waals surface area contributed by atoms with Crippen LogP contribution in [-0.4, -0.2) is 23.8 Å². The van der Waals surface area contributed by atoms with E-state index in [1.165, 1.54) is 6.07 Å². The molecule has 1 atom stereocenters. The lowest BCUT2D eigenvalue weighted by atomic mass is 9.74. The van der Waals surface area contributed by atoms with Gasteiger partial charge in [0.15, 0.2) is 17.3 Å². The highest BCUT2D eigenvalue weighted by Crippen LogP contribution is 2.42. The minimum atomic E-state index is -0.823. The lowest BCUT2D eigenvalue weighted by Gasteiger charge is -2.27. The Hall–Kier alpha value is -3.99. The van der Waals surface area contributed by atoms with Crippen LogP contribution >= 0.6 is 0 Å². The van der Waals surface area contributed by atoms with Gasteiger partial charge in [0.2, 0.25) is 5.43 Å². The van der Waals surface area contributed by atoms with Gasteiger partial charge in [0.1, 0.15) is 5.75 Å². The van der Waals surface area contributed by atoms with Gasteiger partial charge < -0.3 is 9.84 Å². The predicted molar refractivity (Wildman–Crippen MR) is 131 cm³/mol. The van der Waals surface area contributed by atoms with Crippen LogP contribution in [0.25, 0.3) is 0 Å². The first-order valence-corrected chi connectivity index (χ1v) is 11.1. The van der Waals surface area contributed by atoms with Crippen LogP contribution in [0.4, 0.5) is 0 Å². The number of fused-ring (bicyclic) bond motifs is 1. The van der Waals surface area contributed by atoms with E-state index in [-0.39, 0.29) is 28.6 Å². The number of hydrogen-bond donors (Lipinski definition) is 1. The number of rotatable bonds is 5. The van der Waals surface area contributed by atoms with Crippen molar-refractivity contribution in [1.29, 1.82) is 0 Å². The maximum atomic E-state index is 13.7. The summed E-state index contributed by atoms with van der Waals surface area (Å²) < 4.78 is 5.27. The molecule has 3 aromatic carbocycles. The molecule has 4 rings (SSSR count). The van der Waals surface area contributed by atoms with Crippen LogP contribution in [0.5, 0.6) is 11.5 Å². The highest BCUT2D eigenvalue weighted by Gasteiger charge is 2.36. The molecule has 1 aliphatic carbocycles. The molecule has 0 bridgehead atoms. The molecule has 5 heteroatoms. The largest absolute Gasteiger partial charge is 0.504 e. The average molecular weight is 455 g/mol. The van der Waals surface area contributed by atoms with Gasteiger partial charge in [-0.25, -0.2) is 0 Å². The maximum absolute atomic E-state index is 13.7. The summed E-state index contributed by atoms with van der Waals surface area (Å²) in [6.45, 7) is 5.54. The Morgan fingerprint density at radius 2 is 1.38 bits per heavy atom. The van der Waals surface area contributed by atoms with Gasteiger partial charge in [-0.15, -0.1) is 0 Å². The van der Waals surface area contributed by atoms with E-state index in [9.17, 15) is 19.5 Å². The molecule has 1 aliphatic rings. The molecule has 3 aromatic rings. The highest BCUT2D eigenvalue weighted by molar-refractivity contribution is 6.27. The molecule has 0 heterocycles. The van der Waals surface area contributed by atoms with Crippen LogP contribution in [0.15, 0.2) is 82.7 Å². The Morgan fingerprint density at radius 3 is 1.97 bits per heavy atom. The number of hydrogen-bond acceptors (Lipinski definition) is 5. The standard InChI is InChI=1S/C29H26O5/c1-16(2)19-11-14-23(28(32)24(30)15-19)26(18-9-12-20(34-4)13-10-18)25-17(3)27(31)21-7-5-6-8-22(21)29(25)33/h5-16,26H,1-4H3,(H,30,32). The Morgan fingerprint density at radius 1 is 0.794 bits per heavy atom. The first kappa shape index (κ1) is 23.2. The summed E-state index contributed by atoms with van der Waals surface area (Å²) in [6.07, 6.45) is 0. The second-order valence-corrected chi connectivity index (χ2v) is 8.75. The Kier molecular flexibility index (Phi) is 6.20. The molecule has 0 spiro atoms. The predicted octanol–water partition coefficient (Wildman–Crippen LogP) is 5.41. The van der Waals surface area contributed by atoms with Gasteiger partial charge in [-0.1, -0.05) is 62.4 Å². The van der Waals surface area contributed by atoms with Crippen molar-refractivity contribution in [2.45, 2.75) is 32.6 Å². The number of ketones is 2. The summed E-state index contributed by atoms with van der Waals surface area (Å²) >= 11 is 0. The normalized spacial score (nSPS) is 14.3. The lowest BCUT2D eigenvalue weighted by Crippen LogP contribution is -2.25. The number of methoxy groups -OCH3 is 1. The van der Waals surface area contributed by atoms with Gasteiger partial charge in [0.05, 0.1) is 7.11 Å². The number of carbonyl (C=O) groups excluding carboxylic acids is 2. The fraction of sp³-hybridized carbons (Fsp3) is 0.207. The summed E-state index contributed by atoms with van der Waals surface area (Å²) in [5.41, 5.74) is 2.39. The molecule has 0 fully saturated rings. The maximum Gasteiger partial charge on any atom is 0.220 e. The minimum Gasteiger partial charge on any atom is -0.504 e.